The van der Waals surface area contributed by atoms with E-state index < -0.39 is 9.84 Å². The van der Waals surface area contributed by atoms with Crippen LogP contribution in [0.15, 0.2) is 0 Å². The molecule has 0 radical (unpaired) electrons. The van der Waals surface area contributed by atoms with Crippen molar-refractivity contribution in [2.24, 2.45) is 0 Å². The number of sulfone groups is 1. The van der Waals surface area contributed by atoms with Crippen LogP contribution in [0.2, 0.25) is 0 Å². The van der Waals surface area contributed by atoms with Gasteiger partial charge in [-0.2, -0.15) is 4.37 Å². The predicted octanol–water partition coefficient (Wildman–Crippen LogP) is 0.793. The fraction of sp³-hybridized carbons (Fsp3) is 0.833. The Kier molecular flexibility index (Phi) is 5.34. The third-order valence-corrected chi connectivity index (χ3v) is 6.10. The van der Waals surface area contributed by atoms with Gasteiger partial charge in [0.25, 0.3) is 0 Å². The van der Waals surface area contributed by atoms with Crippen molar-refractivity contribution in [2.75, 3.05) is 49.1 Å². The first-order valence-electron chi connectivity index (χ1n) is 6.98. The summed E-state index contributed by atoms with van der Waals surface area (Å²) in [7, 11) is -2.87. The smallest absolute Gasteiger partial charge is 0.205 e. The van der Waals surface area contributed by atoms with Gasteiger partial charge in [-0.25, -0.2) is 13.4 Å². The van der Waals surface area contributed by atoms with Crippen LogP contribution >= 0.6 is 11.5 Å². The highest BCUT2D eigenvalue weighted by atomic mass is 32.2. The lowest BCUT2D eigenvalue weighted by Crippen LogP contribution is -2.47. The van der Waals surface area contributed by atoms with Crippen LogP contribution in [0, 0.1) is 6.92 Å². The van der Waals surface area contributed by atoms with Crippen LogP contribution in [-0.2, 0) is 9.84 Å². The van der Waals surface area contributed by atoms with Gasteiger partial charge in [0.2, 0.25) is 5.13 Å². The average Bonchev–Trinajstić information content (AvgIpc) is 2.84. The Morgan fingerprint density at radius 3 is 2.45 bits per heavy atom. The van der Waals surface area contributed by atoms with E-state index >= 15 is 0 Å². The number of nitrogens with zero attached hydrogens (tertiary/aromatic N) is 4. The molecule has 1 aliphatic heterocycles. The molecule has 6 nitrogen and oxygen atoms in total. The minimum absolute atomic E-state index is 0.277. The van der Waals surface area contributed by atoms with Gasteiger partial charge in [-0.05, 0) is 13.3 Å². The maximum Gasteiger partial charge on any atom is 0.205 e. The molecular weight excluding hydrogens is 296 g/mol. The van der Waals surface area contributed by atoms with Crippen molar-refractivity contribution < 1.29 is 8.42 Å². The van der Waals surface area contributed by atoms with Gasteiger partial charge in [0, 0.05) is 50.0 Å². The van der Waals surface area contributed by atoms with E-state index in [9.17, 15) is 8.42 Å². The second kappa shape index (κ2) is 6.82. The monoisotopic (exact) mass is 318 g/mol. The summed E-state index contributed by atoms with van der Waals surface area (Å²) in [6.07, 6.45) is 0.701. The minimum atomic E-state index is -2.87. The minimum Gasteiger partial charge on any atom is -0.344 e. The summed E-state index contributed by atoms with van der Waals surface area (Å²) in [5.41, 5.74) is 0. The fourth-order valence-electron chi connectivity index (χ4n) is 2.26. The van der Waals surface area contributed by atoms with Crippen LogP contribution in [0.3, 0.4) is 0 Å². The first-order chi connectivity index (χ1) is 9.50. The van der Waals surface area contributed by atoms with Gasteiger partial charge in [0.1, 0.15) is 5.82 Å². The molecule has 1 saturated heterocycles. The fourth-order valence-corrected chi connectivity index (χ4v) is 4.35. The van der Waals surface area contributed by atoms with Crippen LogP contribution in [0.4, 0.5) is 5.13 Å². The highest BCUT2D eigenvalue weighted by Crippen LogP contribution is 2.18. The van der Waals surface area contributed by atoms with Crippen molar-refractivity contribution in [3.05, 3.63) is 5.82 Å². The SMILES string of the molecule is CCCS(=O)(=O)CCN1CCN(c2nc(C)ns2)CC1. The zero-order valence-electron chi connectivity index (χ0n) is 12.1. The molecule has 0 aromatic carbocycles. The number of hydrogen-bond acceptors (Lipinski definition) is 7. The molecule has 0 amide bonds. The molecule has 0 saturated carbocycles. The van der Waals surface area contributed by atoms with Gasteiger partial charge < -0.3 is 4.90 Å². The summed E-state index contributed by atoms with van der Waals surface area (Å²) >= 11 is 1.43. The third-order valence-electron chi connectivity index (χ3n) is 3.39. The second-order valence-electron chi connectivity index (χ2n) is 5.10. The first-order valence-corrected chi connectivity index (χ1v) is 9.57. The van der Waals surface area contributed by atoms with Crippen LogP contribution < -0.4 is 4.90 Å². The first kappa shape index (κ1) is 15.7. The van der Waals surface area contributed by atoms with Crippen LogP contribution in [0.25, 0.3) is 0 Å². The Hall–Kier alpha value is -0.730. The predicted molar refractivity (Wildman–Crippen MR) is 82.2 cm³/mol. The van der Waals surface area contributed by atoms with E-state index in [4.69, 9.17) is 0 Å². The highest BCUT2D eigenvalue weighted by molar-refractivity contribution is 7.91. The van der Waals surface area contributed by atoms with E-state index in [0.29, 0.717) is 18.7 Å². The maximum absolute atomic E-state index is 11.7. The van der Waals surface area contributed by atoms with Crippen LogP contribution in [0.5, 0.6) is 0 Å². The topological polar surface area (TPSA) is 66.4 Å². The van der Waals surface area contributed by atoms with Gasteiger partial charge in [-0.1, -0.05) is 6.92 Å². The summed E-state index contributed by atoms with van der Waals surface area (Å²) in [5.74, 6) is 1.40. The molecule has 0 atom stereocenters. The molecule has 2 rings (SSSR count). The lowest BCUT2D eigenvalue weighted by molar-refractivity contribution is 0.272. The lowest BCUT2D eigenvalue weighted by Gasteiger charge is -2.34. The molecule has 1 aliphatic rings. The molecule has 20 heavy (non-hydrogen) atoms. The van der Waals surface area contributed by atoms with Crippen molar-refractivity contribution in [1.29, 1.82) is 0 Å². The van der Waals surface area contributed by atoms with Gasteiger partial charge >= 0.3 is 0 Å². The van der Waals surface area contributed by atoms with Crippen molar-refractivity contribution >= 4 is 26.5 Å². The van der Waals surface area contributed by atoms with E-state index in [1.54, 1.807) is 0 Å². The van der Waals surface area contributed by atoms with Crippen LogP contribution in [-0.4, -0.2) is 66.9 Å². The average molecular weight is 318 g/mol. The summed E-state index contributed by atoms with van der Waals surface area (Å²) in [5, 5.41) is 0.973. The van der Waals surface area contributed by atoms with Crippen molar-refractivity contribution in [1.82, 2.24) is 14.3 Å². The summed E-state index contributed by atoms with van der Waals surface area (Å²) in [4.78, 5) is 8.83. The normalized spacial score (nSPS) is 17.6. The van der Waals surface area contributed by atoms with Crippen molar-refractivity contribution in [3.63, 3.8) is 0 Å². The standard InChI is InChI=1S/C12H22N4O2S2/c1-3-9-20(17,18)10-8-15-4-6-16(7-5-15)12-13-11(2)14-19-12/h3-10H2,1-2H3. The van der Waals surface area contributed by atoms with Gasteiger partial charge in [0.05, 0.1) is 5.75 Å². The van der Waals surface area contributed by atoms with Crippen LogP contribution in [0.1, 0.15) is 19.2 Å². The summed E-state index contributed by atoms with van der Waals surface area (Å²) in [6.45, 7) is 8.01. The van der Waals surface area contributed by atoms with E-state index in [2.05, 4.69) is 19.2 Å². The molecule has 0 spiro atoms. The molecule has 0 bridgehead atoms. The molecule has 0 unspecified atom stereocenters. The van der Waals surface area contributed by atoms with Crippen molar-refractivity contribution in [2.45, 2.75) is 20.3 Å². The van der Waals surface area contributed by atoms with Gasteiger partial charge in [-0.3, -0.25) is 4.90 Å². The number of piperazine rings is 1. The second-order valence-corrected chi connectivity index (χ2v) is 8.14. The zero-order chi connectivity index (χ0) is 14.6. The molecule has 1 aromatic heterocycles. The van der Waals surface area contributed by atoms with E-state index in [0.717, 1.165) is 37.1 Å². The number of rotatable bonds is 6. The number of hydrogen-bond donors (Lipinski definition) is 0. The van der Waals surface area contributed by atoms with E-state index in [1.807, 2.05) is 13.8 Å². The van der Waals surface area contributed by atoms with Gasteiger partial charge in [-0.15, -0.1) is 0 Å². The Morgan fingerprint density at radius 2 is 1.90 bits per heavy atom. The lowest BCUT2D eigenvalue weighted by atomic mass is 10.3. The number of aromatic nitrogens is 2. The number of anilines is 1. The largest absolute Gasteiger partial charge is 0.344 e. The Bertz CT molecular complexity index is 521. The Labute approximate surface area is 124 Å². The molecule has 1 aromatic rings. The van der Waals surface area contributed by atoms with Gasteiger partial charge in [0.15, 0.2) is 9.84 Å². The molecule has 114 valence electrons. The molecular formula is C12H22N4O2S2. The van der Waals surface area contributed by atoms with Crippen molar-refractivity contribution in [3.8, 4) is 0 Å². The Balaban J connectivity index is 1.77. The molecule has 1 fully saturated rings. The maximum atomic E-state index is 11.7. The quantitative estimate of drug-likeness (QED) is 0.773. The van der Waals surface area contributed by atoms with E-state index in [-0.39, 0.29) is 5.75 Å². The Morgan fingerprint density at radius 1 is 1.20 bits per heavy atom. The highest BCUT2D eigenvalue weighted by Gasteiger charge is 2.21. The number of aryl methyl sites for hydroxylation is 1. The molecule has 0 aliphatic carbocycles. The third kappa shape index (κ3) is 4.39. The van der Waals surface area contributed by atoms with E-state index in [1.165, 1.54) is 11.5 Å². The summed E-state index contributed by atoms with van der Waals surface area (Å²) in [6, 6.07) is 0. The zero-order valence-corrected chi connectivity index (χ0v) is 13.7. The molecule has 2 heterocycles. The molecule has 8 heteroatoms. The summed E-state index contributed by atoms with van der Waals surface area (Å²) < 4.78 is 27.6. The molecule has 0 N–H and O–H groups in total.